The van der Waals surface area contributed by atoms with Crippen LogP contribution in [0.1, 0.15) is 54.6 Å². The van der Waals surface area contributed by atoms with E-state index in [1.54, 1.807) is 17.0 Å². The molecule has 3 amide bonds. The largest absolute Gasteiger partial charge is 0.352 e. The van der Waals surface area contributed by atoms with E-state index in [2.05, 4.69) is 21.2 Å². The lowest BCUT2D eigenvalue weighted by molar-refractivity contribution is -0.141. The van der Waals surface area contributed by atoms with Crippen molar-refractivity contribution in [2.24, 2.45) is 0 Å². The highest BCUT2D eigenvalue weighted by Gasteiger charge is 2.40. The van der Waals surface area contributed by atoms with E-state index in [1.165, 1.54) is 12.1 Å². The van der Waals surface area contributed by atoms with Crippen molar-refractivity contribution in [3.05, 3.63) is 100 Å². The normalized spacial score (nSPS) is 15.2. The molecule has 10 heteroatoms. The first kappa shape index (κ1) is 30.5. The summed E-state index contributed by atoms with van der Waals surface area (Å²) in [7, 11) is -3.96. The van der Waals surface area contributed by atoms with Gasteiger partial charge in [-0.25, -0.2) is 12.7 Å². The molecule has 0 aromatic heterocycles. The molecule has 1 N–H and O–H groups in total. The Labute approximate surface area is 249 Å². The highest BCUT2D eigenvalue weighted by Crippen LogP contribution is 2.30. The predicted octanol–water partition coefficient (Wildman–Crippen LogP) is 4.93. The smallest absolute Gasteiger partial charge is 0.269 e. The van der Waals surface area contributed by atoms with Crippen LogP contribution in [0.15, 0.2) is 88.2 Å². The van der Waals surface area contributed by atoms with E-state index in [1.807, 2.05) is 68.4 Å². The van der Waals surface area contributed by atoms with Crippen LogP contribution >= 0.6 is 15.9 Å². The quantitative estimate of drug-likeness (QED) is 0.303. The lowest BCUT2D eigenvalue weighted by Crippen LogP contribution is -2.52. The van der Waals surface area contributed by atoms with Crippen molar-refractivity contribution in [1.29, 1.82) is 0 Å². The Balaban J connectivity index is 1.57. The van der Waals surface area contributed by atoms with Crippen LogP contribution < -0.4 is 5.32 Å². The molecular weight excluding hydrogens is 606 g/mol. The summed E-state index contributed by atoms with van der Waals surface area (Å²) in [6, 6.07) is 22.3. The van der Waals surface area contributed by atoms with Gasteiger partial charge in [0, 0.05) is 36.4 Å². The average molecular weight is 641 g/mol. The van der Waals surface area contributed by atoms with Crippen molar-refractivity contribution in [3.8, 4) is 0 Å². The number of fused-ring (bicyclic) bond motifs is 1. The van der Waals surface area contributed by atoms with Crippen LogP contribution in [0.2, 0.25) is 0 Å². The van der Waals surface area contributed by atoms with Crippen molar-refractivity contribution in [2.75, 3.05) is 6.54 Å². The van der Waals surface area contributed by atoms with Crippen LogP contribution in [0.25, 0.3) is 0 Å². The van der Waals surface area contributed by atoms with Gasteiger partial charge in [-0.2, -0.15) is 0 Å². The summed E-state index contributed by atoms with van der Waals surface area (Å²) in [6.45, 7) is 3.97. The molecule has 0 radical (unpaired) electrons. The number of hydrogen-bond acceptors (Lipinski definition) is 5. The minimum absolute atomic E-state index is 0.0159. The second-order valence-corrected chi connectivity index (χ2v) is 12.9. The van der Waals surface area contributed by atoms with Crippen molar-refractivity contribution in [3.63, 3.8) is 0 Å². The molecule has 216 valence electrons. The molecule has 1 heterocycles. The van der Waals surface area contributed by atoms with Gasteiger partial charge in [-0.3, -0.25) is 14.4 Å². The van der Waals surface area contributed by atoms with Crippen LogP contribution in [0.3, 0.4) is 0 Å². The summed E-state index contributed by atoms with van der Waals surface area (Å²) in [4.78, 5) is 41.8. The molecule has 0 spiro atoms. The van der Waals surface area contributed by atoms with E-state index in [9.17, 15) is 22.8 Å². The molecule has 8 nitrogen and oxygen atoms in total. The number of nitrogens with zero attached hydrogens (tertiary/aromatic N) is 2. The lowest BCUT2D eigenvalue weighted by atomic mass is 10.0. The SMILES string of the molecule is CC[C@@H](C)NC(=O)[C@H](Cc1ccccc1)N(Cc1ccc(Br)cc1)C(=O)CCCN1C(=O)c2ccccc2S1(=O)=O. The average Bonchev–Trinajstić information content (AvgIpc) is 3.16. The highest BCUT2D eigenvalue weighted by molar-refractivity contribution is 9.10. The van der Waals surface area contributed by atoms with Gasteiger partial charge in [-0.15, -0.1) is 0 Å². The van der Waals surface area contributed by atoms with Crippen molar-refractivity contribution in [2.45, 2.75) is 63.1 Å². The van der Waals surface area contributed by atoms with Gasteiger partial charge in [-0.1, -0.05) is 77.5 Å². The van der Waals surface area contributed by atoms with E-state index in [0.29, 0.717) is 6.42 Å². The maximum absolute atomic E-state index is 13.8. The molecule has 3 aromatic rings. The van der Waals surface area contributed by atoms with Gasteiger partial charge in [0.2, 0.25) is 11.8 Å². The molecule has 0 aliphatic carbocycles. The predicted molar refractivity (Wildman–Crippen MR) is 160 cm³/mol. The third-order valence-corrected chi connectivity index (χ3v) is 9.57. The molecule has 4 rings (SSSR count). The minimum Gasteiger partial charge on any atom is -0.352 e. The van der Waals surface area contributed by atoms with Gasteiger partial charge < -0.3 is 10.2 Å². The second-order valence-electron chi connectivity index (χ2n) is 10.2. The van der Waals surface area contributed by atoms with E-state index in [-0.39, 0.29) is 54.2 Å². The minimum atomic E-state index is -3.96. The molecule has 0 unspecified atom stereocenters. The third-order valence-electron chi connectivity index (χ3n) is 7.20. The number of carbonyl (C=O) groups is 3. The molecule has 0 bridgehead atoms. The Bertz CT molecular complexity index is 1500. The maximum atomic E-state index is 13.8. The number of sulfonamides is 1. The second kappa shape index (κ2) is 13.4. The fourth-order valence-electron chi connectivity index (χ4n) is 4.75. The zero-order valence-corrected chi connectivity index (χ0v) is 25.5. The van der Waals surface area contributed by atoms with Crippen LogP contribution in [0.5, 0.6) is 0 Å². The first-order valence-electron chi connectivity index (χ1n) is 13.7. The molecule has 3 aromatic carbocycles. The summed E-state index contributed by atoms with van der Waals surface area (Å²) < 4.78 is 27.6. The number of amides is 3. The number of nitrogens with one attached hydrogen (secondary N) is 1. The molecule has 1 aliphatic rings. The Kier molecular flexibility index (Phi) is 9.99. The van der Waals surface area contributed by atoms with E-state index in [4.69, 9.17) is 0 Å². The van der Waals surface area contributed by atoms with Crippen LogP contribution in [-0.2, 0) is 32.6 Å². The first-order chi connectivity index (χ1) is 19.6. The summed E-state index contributed by atoms with van der Waals surface area (Å²) in [5.41, 5.74) is 1.90. The van der Waals surface area contributed by atoms with E-state index >= 15 is 0 Å². The topological polar surface area (TPSA) is 104 Å². The van der Waals surface area contributed by atoms with Crippen LogP contribution in [0.4, 0.5) is 0 Å². The monoisotopic (exact) mass is 639 g/mol. The zero-order valence-electron chi connectivity index (χ0n) is 23.1. The molecule has 2 atom stereocenters. The Morgan fingerprint density at radius 3 is 2.27 bits per heavy atom. The number of hydrogen-bond donors (Lipinski definition) is 1. The molecule has 0 saturated heterocycles. The maximum Gasteiger partial charge on any atom is 0.269 e. The van der Waals surface area contributed by atoms with Gasteiger partial charge in [0.15, 0.2) is 0 Å². The third kappa shape index (κ3) is 7.23. The zero-order chi connectivity index (χ0) is 29.6. The molecule has 0 fully saturated rings. The molecule has 0 saturated carbocycles. The number of rotatable bonds is 12. The fraction of sp³-hybridized carbons (Fsp3) is 0.323. The van der Waals surface area contributed by atoms with Gasteiger partial charge in [0.05, 0.1) is 5.56 Å². The molecular formula is C31H34BrN3O5S. The first-order valence-corrected chi connectivity index (χ1v) is 15.9. The lowest BCUT2D eigenvalue weighted by Gasteiger charge is -2.32. The fourth-order valence-corrected chi connectivity index (χ4v) is 6.62. The van der Waals surface area contributed by atoms with Gasteiger partial charge >= 0.3 is 0 Å². The van der Waals surface area contributed by atoms with E-state index < -0.39 is 22.0 Å². The summed E-state index contributed by atoms with van der Waals surface area (Å²) in [6.07, 6.45) is 1.15. The Morgan fingerprint density at radius 1 is 0.951 bits per heavy atom. The van der Waals surface area contributed by atoms with E-state index in [0.717, 1.165) is 26.3 Å². The number of halogens is 1. The van der Waals surface area contributed by atoms with Gasteiger partial charge in [-0.05, 0) is 55.2 Å². The summed E-state index contributed by atoms with van der Waals surface area (Å²) >= 11 is 3.44. The number of benzene rings is 3. The van der Waals surface area contributed by atoms with Crippen molar-refractivity contribution < 1.29 is 22.8 Å². The molecule has 1 aliphatic heterocycles. The van der Waals surface area contributed by atoms with Crippen molar-refractivity contribution in [1.82, 2.24) is 14.5 Å². The molecule has 41 heavy (non-hydrogen) atoms. The highest BCUT2D eigenvalue weighted by atomic mass is 79.9. The van der Waals surface area contributed by atoms with Gasteiger partial charge in [0.1, 0.15) is 10.9 Å². The summed E-state index contributed by atoms with van der Waals surface area (Å²) in [5.74, 6) is -1.13. The Hall–Kier alpha value is -3.50. The van der Waals surface area contributed by atoms with Crippen molar-refractivity contribution >= 4 is 43.7 Å². The van der Waals surface area contributed by atoms with Gasteiger partial charge in [0.25, 0.3) is 15.9 Å². The van der Waals surface area contributed by atoms with Crippen LogP contribution in [-0.4, -0.2) is 54.0 Å². The standard InChI is InChI=1S/C31H34BrN3O5S/c1-3-22(2)33-30(37)27(20-23-10-5-4-6-11-23)34(21-24-15-17-25(32)18-16-24)29(36)14-9-19-35-31(38)26-12-7-8-13-28(26)41(35,39)40/h4-8,10-13,15-18,22,27H,3,9,14,19-21H2,1-2H3,(H,33,37)/t22-,27+/m1/s1. The Morgan fingerprint density at radius 2 is 1.61 bits per heavy atom. The van der Waals surface area contributed by atoms with Crippen LogP contribution in [0, 0.1) is 0 Å². The summed E-state index contributed by atoms with van der Waals surface area (Å²) in [5, 5.41) is 3.04. The number of carbonyl (C=O) groups excluding carboxylic acids is 3.